The third-order valence-electron chi connectivity index (χ3n) is 9.06. The maximum Gasteiger partial charge on any atom is 0.0702 e. The SMILES string of the molecule is c1ccc2cc(-c3c4ccccc4c(-c4ccc(-c5cnc6ccccc6c5)c5ccccc45)c4ccccc34)ccc2c1. The van der Waals surface area contributed by atoms with E-state index in [1.165, 1.54) is 70.9 Å². The third kappa shape index (κ3) is 3.83. The van der Waals surface area contributed by atoms with Gasteiger partial charge in [-0.1, -0.05) is 140 Å². The van der Waals surface area contributed by atoms with Crippen molar-refractivity contribution in [3.8, 4) is 33.4 Å². The van der Waals surface area contributed by atoms with Crippen molar-refractivity contribution in [3.63, 3.8) is 0 Å². The summed E-state index contributed by atoms with van der Waals surface area (Å²) in [4.78, 5) is 4.78. The third-order valence-corrected chi connectivity index (χ3v) is 9.06. The highest BCUT2D eigenvalue weighted by molar-refractivity contribution is 6.24. The van der Waals surface area contributed by atoms with Crippen molar-refractivity contribution in [1.82, 2.24) is 4.98 Å². The molecule has 0 spiro atoms. The summed E-state index contributed by atoms with van der Waals surface area (Å²) in [6, 6.07) is 57.3. The zero-order chi connectivity index (χ0) is 29.0. The molecule has 0 fully saturated rings. The number of para-hydroxylation sites is 1. The summed E-state index contributed by atoms with van der Waals surface area (Å²) >= 11 is 0. The Balaban J connectivity index is 1.34. The topological polar surface area (TPSA) is 12.9 Å². The van der Waals surface area contributed by atoms with Crippen LogP contribution in [-0.2, 0) is 0 Å². The Morgan fingerprint density at radius 1 is 0.318 bits per heavy atom. The first-order chi connectivity index (χ1) is 21.8. The monoisotopic (exact) mass is 557 g/mol. The molecule has 0 amide bonds. The van der Waals surface area contributed by atoms with Gasteiger partial charge in [0.15, 0.2) is 0 Å². The van der Waals surface area contributed by atoms with Crippen LogP contribution in [0, 0.1) is 0 Å². The van der Waals surface area contributed by atoms with Gasteiger partial charge in [0.2, 0.25) is 0 Å². The largest absolute Gasteiger partial charge is 0.256 e. The average molecular weight is 558 g/mol. The zero-order valence-corrected chi connectivity index (χ0v) is 24.0. The van der Waals surface area contributed by atoms with E-state index in [-0.39, 0.29) is 0 Å². The van der Waals surface area contributed by atoms with Crippen molar-refractivity contribution in [1.29, 1.82) is 0 Å². The summed E-state index contributed by atoms with van der Waals surface area (Å²) in [6.07, 6.45) is 2.01. The van der Waals surface area contributed by atoms with Gasteiger partial charge in [0.25, 0.3) is 0 Å². The highest BCUT2D eigenvalue weighted by Gasteiger charge is 2.19. The van der Waals surface area contributed by atoms with Gasteiger partial charge in [0, 0.05) is 17.1 Å². The summed E-state index contributed by atoms with van der Waals surface area (Å²) in [5.41, 5.74) is 8.40. The maximum atomic E-state index is 4.78. The molecule has 0 bridgehead atoms. The summed E-state index contributed by atoms with van der Waals surface area (Å²) in [6.45, 7) is 0. The molecule has 1 aromatic heterocycles. The van der Waals surface area contributed by atoms with Crippen LogP contribution in [0.5, 0.6) is 0 Å². The molecule has 204 valence electrons. The molecule has 0 unspecified atom stereocenters. The molecule has 0 N–H and O–H groups in total. The fourth-order valence-corrected chi connectivity index (χ4v) is 7.06. The Morgan fingerprint density at radius 3 is 1.52 bits per heavy atom. The van der Waals surface area contributed by atoms with Crippen LogP contribution in [0.25, 0.3) is 87.4 Å². The fraction of sp³-hybridized carbons (Fsp3) is 0. The van der Waals surface area contributed by atoms with Gasteiger partial charge >= 0.3 is 0 Å². The van der Waals surface area contributed by atoms with Crippen LogP contribution >= 0.6 is 0 Å². The Morgan fingerprint density at radius 2 is 0.818 bits per heavy atom. The second-order valence-corrected chi connectivity index (χ2v) is 11.5. The Kier molecular flexibility index (Phi) is 5.57. The van der Waals surface area contributed by atoms with E-state index in [0.717, 1.165) is 16.5 Å². The number of benzene rings is 8. The summed E-state index contributed by atoms with van der Waals surface area (Å²) < 4.78 is 0. The lowest BCUT2D eigenvalue weighted by Crippen LogP contribution is -1.92. The van der Waals surface area contributed by atoms with Crippen LogP contribution in [0.2, 0.25) is 0 Å². The maximum absolute atomic E-state index is 4.78. The van der Waals surface area contributed by atoms with E-state index >= 15 is 0 Å². The Bertz CT molecular complexity index is 2500. The fourth-order valence-electron chi connectivity index (χ4n) is 7.06. The van der Waals surface area contributed by atoms with E-state index in [2.05, 4.69) is 152 Å². The lowest BCUT2D eigenvalue weighted by molar-refractivity contribution is 1.41. The van der Waals surface area contributed by atoms with E-state index in [0.29, 0.717) is 0 Å². The van der Waals surface area contributed by atoms with Crippen molar-refractivity contribution in [2.24, 2.45) is 0 Å². The van der Waals surface area contributed by atoms with Crippen LogP contribution in [0.15, 0.2) is 164 Å². The number of nitrogens with zero attached hydrogens (tertiary/aromatic N) is 1. The molecule has 1 nitrogen and oxygen atoms in total. The van der Waals surface area contributed by atoms with Gasteiger partial charge in [-0.2, -0.15) is 0 Å². The first-order valence-electron chi connectivity index (χ1n) is 15.1. The Labute approximate surface area is 255 Å². The lowest BCUT2D eigenvalue weighted by atomic mass is 9.83. The van der Waals surface area contributed by atoms with E-state index in [1.807, 2.05) is 12.3 Å². The van der Waals surface area contributed by atoms with Crippen LogP contribution < -0.4 is 0 Å². The van der Waals surface area contributed by atoms with Gasteiger partial charge in [-0.25, -0.2) is 0 Å². The normalized spacial score (nSPS) is 11.6. The van der Waals surface area contributed by atoms with E-state index in [1.54, 1.807) is 0 Å². The van der Waals surface area contributed by atoms with Crippen LogP contribution in [0.3, 0.4) is 0 Å². The molecule has 0 atom stereocenters. The van der Waals surface area contributed by atoms with Crippen molar-refractivity contribution in [2.45, 2.75) is 0 Å². The average Bonchev–Trinajstić information content (AvgIpc) is 3.10. The lowest BCUT2D eigenvalue weighted by Gasteiger charge is -2.20. The van der Waals surface area contributed by atoms with E-state index in [4.69, 9.17) is 4.98 Å². The van der Waals surface area contributed by atoms with E-state index < -0.39 is 0 Å². The number of pyridine rings is 1. The van der Waals surface area contributed by atoms with Gasteiger partial charge in [-0.15, -0.1) is 0 Å². The molecule has 0 saturated carbocycles. The minimum Gasteiger partial charge on any atom is -0.256 e. The molecular weight excluding hydrogens is 530 g/mol. The van der Waals surface area contributed by atoms with Crippen molar-refractivity contribution in [2.75, 3.05) is 0 Å². The van der Waals surface area contributed by atoms with Gasteiger partial charge in [-0.3, -0.25) is 4.98 Å². The minimum absolute atomic E-state index is 1.02. The molecule has 1 heterocycles. The van der Waals surface area contributed by atoms with Crippen LogP contribution in [0.4, 0.5) is 0 Å². The molecule has 1 heteroatoms. The van der Waals surface area contributed by atoms with Gasteiger partial charge in [0.05, 0.1) is 5.52 Å². The van der Waals surface area contributed by atoms with Crippen molar-refractivity contribution >= 4 is 54.0 Å². The number of hydrogen-bond acceptors (Lipinski definition) is 1. The molecular formula is C43H27N. The zero-order valence-electron chi connectivity index (χ0n) is 24.0. The van der Waals surface area contributed by atoms with Crippen LogP contribution in [-0.4, -0.2) is 4.98 Å². The molecule has 44 heavy (non-hydrogen) atoms. The molecule has 0 saturated heterocycles. The molecule has 9 aromatic rings. The number of rotatable bonds is 3. The second-order valence-electron chi connectivity index (χ2n) is 11.5. The molecule has 9 rings (SSSR count). The molecule has 0 aliphatic rings. The predicted molar refractivity (Wildman–Crippen MR) is 188 cm³/mol. The predicted octanol–water partition coefficient (Wildman–Crippen LogP) is 11.8. The smallest absolute Gasteiger partial charge is 0.0702 e. The standard InChI is InChI=1S/C43H27N/c1-2-12-29-25-31(22-21-28(29)11-1)42-36-16-6-8-18-38(36)43(39-19-9-7-17-37(39)42)40-24-23-33(34-14-4-5-15-35(34)40)32-26-30-13-3-10-20-41(30)44-27-32/h1-27H. The number of aromatic nitrogens is 1. The highest BCUT2D eigenvalue weighted by atomic mass is 14.6. The summed E-state index contributed by atoms with van der Waals surface area (Å²) in [7, 11) is 0. The second kappa shape index (κ2) is 9.90. The summed E-state index contributed by atoms with van der Waals surface area (Å²) in [5.74, 6) is 0. The highest BCUT2D eigenvalue weighted by Crippen LogP contribution is 2.46. The first kappa shape index (κ1) is 24.8. The quantitative estimate of drug-likeness (QED) is 0.197. The molecule has 8 aromatic carbocycles. The minimum atomic E-state index is 1.02. The number of fused-ring (bicyclic) bond motifs is 5. The van der Waals surface area contributed by atoms with Crippen molar-refractivity contribution in [3.05, 3.63) is 164 Å². The van der Waals surface area contributed by atoms with E-state index in [9.17, 15) is 0 Å². The molecule has 0 aliphatic carbocycles. The molecule has 0 aliphatic heterocycles. The van der Waals surface area contributed by atoms with Gasteiger partial charge in [-0.05, 0) is 89.1 Å². The van der Waals surface area contributed by atoms with Gasteiger partial charge < -0.3 is 0 Å². The molecule has 0 radical (unpaired) electrons. The number of hydrogen-bond donors (Lipinski definition) is 0. The first-order valence-corrected chi connectivity index (χ1v) is 15.1. The van der Waals surface area contributed by atoms with Crippen LogP contribution in [0.1, 0.15) is 0 Å². The Hall–Kier alpha value is -5.79. The van der Waals surface area contributed by atoms with Gasteiger partial charge in [0.1, 0.15) is 0 Å². The summed E-state index contributed by atoms with van der Waals surface area (Å²) in [5, 5.41) is 11.2. The van der Waals surface area contributed by atoms with Crippen molar-refractivity contribution < 1.29 is 0 Å².